The average molecular weight is 305 g/mol. The van der Waals surface area contributed by atoms with Crippen LogP contribution in [0.4, 0.5) is 8.78 Å². The number of H-pyrrole nitrogens is 1. The number of halogens is 2. The Morgan fingerprint density at radius 3 is 2.59 bits per heavy atom. The quantitative estimate of drug-likeness (QED) is 0.862. The largest absolute Gasteiger partial charge is 0.348 e. The maximum absolute atomic E-state index is 12.7. The van der Waals surface area contributed by atoms with E-state index >= 15 is 0 Å². The van der Waals surface area contributed by atoms with Crippen LogP contribution in [0.2, 0.25) is 0 Å². The normalized spacial score (nSPS) is 11.7. The first-order valence-electron chi connectivity index (χ1n) is 6.94. The molecule has 0 fully saturated rings. The van der Waals surface area contributed by atoms with Crippen molar-refractivity contribution in [2.24, 2.45) is 0 Å². The van der Waals surface area contributed by atoms with Gasteiger partial charge in [-0.3, -0.25) is 0 Å². The highest BCUT2D eigenvalue weighted by Crippen LogP contribution is 2.24. The van der Waals surface area contributed by atoms with Gasteiger partial charge in [-0.05, 0) is 13.0 Å². The predicted octanol–water partition coefficient (Wildman–Crippen LogP) is 3.30. The third-order valence-corrected chi connectivity index (χ3v) is 3.62. The number of aromatic nitrogens is 2. The molecule has 2 aromatic rings. The van der Waals surface area contributed by atoms with Crippen molar-refractivity contribution in [3.63, 3.8) is 0 Å². The average Bonchev–Trinajstić information content (AvgIpc) is 2.83. The molecule has 0 bridgehead atoms. The van der Waals surface area contributed by atoms with Crippen LogP contribution in [0, 0.1) is 18.3 Å². The molecule has 1 heterocycles. The lowest BCUT2D eigenvalue weighted by molar-refractivity contribution is -0.917. The highest BCUT2D eigenvalue weighted by atomic mass is 19.3. The Bertz CT molecular complexity index is 698. The van der Waals surface area contributed by atoms with E-state index < -0.39 is 6.43 Å². The summed E-state index contributed by atoms with van der Waals surface area (Å²) in [5.74, 6) is 0. The summed E-state index contributed by atoms with van der Waals surface area (Å²) in [5, 5.41) is 9.20. The van der Waals surface area contributed by atoms with Crippen molar-refractivity contribution >= 4 is 0 Å². The standard InChI is InChI=1S/C16H19F2N4/c1-11-15(21-10-20-11)9-22(2,3)8-13-5-4-12(16(17)18)6-14(13)7-19/h4-6,10,16H,8-9H2,1-3H3,(H,20,21)/q+1. The maximum atomic E-state index is 12.7. The lowest BCUT2D eigenvalue weighted by atomic mass is 10.0. The maximum Gasteiger partial charge on any atom is 0.263 e. The van der Waals surface area contributed by atoms with E-state index in [2.05, 4.69) is 9.97 Å². The van der Waals surface area contributed by atoms with Crippen LogP contribution in [0.5, 0.6) is 0 Å². The number of rotatable bonds is 5. The molecular weight excluding hydrogens is 286 g/mol. The molecule has 0 spiro atoms. The molecule has 0 saturated heterocycles. The molecule has 0 unspecified atom stereocenters. The van der Waals surface area contributed by atoms with E-state index in [1.807, 2.05) is 27.1 Å². The summed E-state index contributed by atoms with van der Waals surface area (Å²) >= 11 is 0. The summed E-state index contributed by atoms with van der Waals surface area (Å²) < 4.78 is 26.0. The van der Waals surface area contributed by atoms with Crippen molar-refractivity contribution in [2.45, 2.75) is 26.4 Å². The van der Waals surface area contributed by atoms with E-state index in [4.69, 9.17) is 0 Å². The van der Waals surface area contributed by atoms with E-state index in [0.29, 0.717) is 23.1 Å². The highest BCUT2D eigenvalue weighted by Gasteiger charge is 2.22. The smallest absolute Gasteiger partial charge is 0.263 e. The van der Waals surface area contributed by atoms with Crippen LogP contribution >= 0.6 is 0 Å². The zero-order valence-electron chi connectivity index (χ0n) is 12.9. The summed E-state index contributed by atoms with van der Waals surface area (Å²) in [7, 11) is 4.05. The third kappa shape index (κ3) is 3.68. The molecule has 6 heteroatoms. The summed E-state index contributed by atoms with van der Waals surface area (Å²) in [6.45, 7) is 3.22. The molecule has 0 aliphatic carbocycles. The summed E-state index contributed by atoms with van der Waals surface area (Å²) in [6, 6.07) is 6.31. The first kappa shape index (κ1) is 16.1. The van der Waals surface area contributed by atoms with E-state index in [0.717, 1.165) is 17.0 Å². The lowest BCUT2D eigenvalue weighted by Gasteiger charge is -2.29. The van der Waals surface area contributed by atoms with Gasteiger partial charge >= 0.3 is 0 Å². The number of nitrogens with zero attached hydrogens (tertiary/aromatic N) is 3. The molecular formula is C16H19F2N4+. The molecule has 0 amide bonds. The molecule has 1 aromatic heterocycles. The number of benzene rings is 1. The molecule has 1 aromatic carbocycles. The number of alkyl halides is 2. The van der Waals surface area contributed by atoms with Crippen LogP contribution in [0.1, 0.15) is 34.5 Å². The zero-order valence-corrected chi connectivity index (χ0v) is 12.9. The molecule has 4 nitrogen and oxygen atoms in total. The molecule has 0 aliphatic heterocycles. The fourth-order valence-corrected chi connectivity index (χ4v) is 2.44. The second-order valence-electron chi connectivity index (χ2n) is 6.06. The van der Waals surface area contributed by atoms with Gasteiger partial charge in [0.1, 0.15) is 18.8 Å². The van der Waals surface area contributed by atoms with Crippen LogP contribution in [0.3, 0.4) is 0 Å². The summed E-state index contributed by atoms with van der Waals surface area (Å²) in [6.07, 6.45) is -0.904. The Kier molecular flexibility index (Phi) is 4.57. The molecule has 0 saturated carbocycles. The molecule has 2 rings (SSSR count). The van der Waals surface area contributed by atoms with Gasteiger partial charge in [-0.15, -0.1) is 0 Å². The Morgan fingerprint density at radius 1 is 1.32 bits per heavy atom. The van der Waals surface area contributed by atoms with Crippen molar-refractivity contribution < 1.29 is 13.3 Å². The number of imidazole rings is 1. The van der Waals surface area contributed by atoms with E-state index in [9.17, 15) is 14.0 Å². The van der Waals surface area contributed by atoms with Gasteiger partial charge in [0.2, 0.25) is 0 Å². The number of quaternary nitrogens is 1. The Hall–Kier alpha value is -2.26. The van der Waals surface area contributed by atoms with Crippen molar-refractivity contribution in [1.29, 1.82) is 5.26 Å². The lowest BCUT2D eigenvalue weighted by Crippen LogP contribution is -2.38. The van der Waals surface area contributed by atoms with Crippen LogP contribution < -0.4 is 0 Å². The van der Waals surface area contributed by atoms with Gasteiger partial charge in [0, 0.05) is 16.8 Å². The fourth-order valence-electron chi connectivity index (χ4n) is 2.44. The SMILES string of the molecule is Cc1[nH]cnc1C[N+](C)(C)Cc1ccc(C(F)F)cc1C#N. The minimum absolute atomic E-state index is 0.117. The molecule has 0 aliphatic rings. The van der Waals surface area contributed by atoms with Gasteiger partial charge in [0.25, 0.3) is 6.43 Å². The molecule has 0 atom stereocenters. The van der Waals surface area contributed by atoms with E-state index in [1.165, 1.54) is 12.1 Å². The first-order chi connectivity index (χ1) is 10.3. The second-order valence-corrected chi connectivity index (χ2v) is 6.06. The monoisotopic (exact) mass is 305 g/mol. The van der Waals surface area contributed by atoms with Gasteiger partial charge in [0.15, 0.2) is 0 Å². The Balaban J connectivity index is 2.22. The molecule has 116 valence electrons. The van der Waals surface area contributed by atoms with E-state index in [-0.39, 0.29) is 5.56 Å². The van der Waals surface area contributed by atoms with E-state index in [1.54, 1.807) is 12.4 Å². The van der Waals surface area contributed by atoms with Crippen molar-refractivity contribution in [3.8, 4) is 6.07 Å². The Morgan fingerprint density at radius 2 is 2.05 bits per heavy atom. The van der Waals surface area contributed by atoms with Gasteiger partial charge < -0.3 is 9.47 Å². The second kappa shape index (κ2) is 6.24. The van der Waals surface area contributed by atoms with Gasteiger partial charge in [-0.1, -0.05) is 12.1 Å². The fraction of sp³-hybridized carbons (Fsp3) is 0.375. The topological polar surface area (TPSA) is 52.5 Å². The number of hydrogen-bond donors (Lipinski definition) is 1. The minimum atomic E-state index is -2.56. The number of hydrogen-bond acceptors (Lipinski definition) is 2. The number of nitrogens with one attached hydrogen (secondary N) is 1. The molecule has 1 N–H and O–H groups in total. The van der Waals surface area contributed by atoms with Crippen LogP contribution in [-0.2, 0) is 13.1 Å². The van der Waals surface area contributed by atoms with Gasteiger partial charge in [-0.2, -0.15) is 5.26 Å². The number of aryl methyl sites for hydroxylation is 1. The third-order valence-electron chi connectivity index (χ3n) is 3.62. The van der Waals surface area contributed by atoms with Crippen LogP contribution in [-0.4, -0.2) is 28.5 Å². The summed E-state index contributed by atoms with van der Waals surface area (Å²) in [4.78, 5) is 7.33. The predicted molar refractivity (Wildman–Crippen MR) is 79.0 cm³/mol. The first-order valence-corrected chi connectivity index (χ1v) is 6.94. The van der Waals surface area contributed by atoms with Gasteiger partial charge in [-0.25, -0.2) is 13.8 Å². The highest BCUT2D eigenvalue weighted by molar-refractivity contribution is 5.40. The van der Waals surface area contributed by atoms with Crippen LogP contribution in [0.25, 0.3) is 0 Å². The molecule has 22 heavy (non-hydrogen) atoms. The van der Waals surface area contributed by atoms with Crippen molar-refractivity contribution in [2.75, 3.05) is 14.1 Å². The van der Waals surface area contributed by atoms with Crippen LogP contribution in [0.15, 0.2) is 24.5 Å². The Labute approximate surface area is 128 Å². The number of nitriles is 1. The van der Waals surface area contributed by atoms with Gasteiger partial charge in [0.05, 0.1) is 32.1 Å². The molecule has 0 radical (unpaired) electrons. The number of aromatic amines is 1. The van der Waals surface area contributed by atoms with Crippen molar-refractivity contribution in [3.05, 3.63) is 52.6 Å². The summed E-state index contributed by atoms with van der Waals surface area (Å²) in [5.41, 5.74) is 2.94. The van der Waals surface area contributed by atoms with Crippen molar-refractivity contribution in [1.82, 2.24) is 9.97 Å². The zero-order chi connectivity index (χ0) is 16.3. The minimum Gasteiger partial charge on any atom is -0.348 e.